The van der Waals surface area contributed by atoms with E-state index in [1.165, 1.54) is 6.07 Å². The molecule has 2 unspecified atom stereocenters. The average Bonchev–Trinajstić information content (AvgIpc) is 3.21. The van der Waals surface area contributed by atoms with Gasteiger partial charge in [-0.05, 0) is 30.2 Å². The van der Waals surface area contributed by atoms with E-state index in [-0.39, 0.29) is 17.4 Å². The van der Waals surface area contributed by atoms with Crippen molar-refractivity contribution in [2.45, 2.75) is 37.3 Å². The molecule has 2 aliphatic rings. The Labute approximate surface area is 170 Å². The van der Waals surface area contributed by atoms with Crippen LogP contribution in [-0.4, -0.2) is 33.4 Å². The van der Waals surface area contributed by atoms with Crippen molar-refractivity contribution in [2.75, 3.05) is 5.75 Å². The SMILES string of the molecule is CC12CCC(=O)N1C(C(=O)OCc1cc(=O)oc3ccc4ccccc4c13)CS2. The Bertz CT molecular complexity index is 1220. The molecule has 3 aromatic rings. The topological polar surface area (TPSA) is 76.8 Å². The van der Waals surface area contributed by atoms with Crippen molar-refractivity contribution in [3.63, 3.8) is 0 Å². The van der Waals surface area contributed by atoms with Crippen LogP contribution in [0.3, 0.4) is 0 Å². The molecule has 29 heavy (non-hydrogen) atoms. The number of thioether (sulfide) groups is 1. The maximum Gasteiger partial charge on any atom is 0.336 e. The number of carbonyl (C=O) groups is 2. The highest BCUT2D eigenvalue weighted by molar-refractivity contribution is 8.01. The number of esters is 1. The first kappa shape index (κ1) is 18.2. The van der Waals surface area contributed by atoms with Gasteiger partial charge in [-0.2, -0.15) is 0 Å². The van der Waals surface area contributed by atoms with Gasteiger partial charge in [-0.3, -0.25) is 4.79 Å². The Balaban J connectivity index is 1.47. The summed E-state index contributed by atoms with van der Waals surface area (Å²) in [6.07, 6.45) is 1.21. The lowest BCUT2D eigenvalue weighted by atomic mass is 10.0. The second kappa shape index (κ2) is 6.62. The fraction of sp³-hybridized carbons (Fsp3) is 0.318. The fourth-order valence-corrected chi connectivity index (χ4v) is 5.79. The molecule has 3 heterocycles. The Kier molecular flexibility index (Phi) is 4.17. The van der Waals surface area contributed by atoms with Gasteiger partial charge >= 0.3 is 11.6 Å². The monoisotopic (exact) mass is 409 g/mol. The molecule has 148 valence electrons. The van der Waals surface area contributed by atoms with Crippen LogP contribution in [0.25, 0.3) is 21.7 Å². The fourth-order valence-electron chi connectivity index (χ4n) is 4.37. The quantitative estimate of drug-likeness (QED) is 0.375. The predicted molar refractivity (Wildman–Crippen MR) is 111 cm³/mol. The summed E-state index contributed by atoms with van der Waals surface area (Å²) < 4.78 is 10.9. The molecule has 0 bridgehead atoms. The number of benzene rings is 2. The summed E-state index contributed by atoms with van der Waals surface area (Å²) in [5, 5.41) is 2.70. The first-order valence-electron chi connectivity index (χ1n) is 9.53. The van der Waals surface area contributed by atoms with Gasteiger partial charge in [0, 0.05) is 29.2 Å². The van der Waals surface area contributed by atoms with Gasteiger partial charge in [0.15, 0.2) is 0 Å². The molecule has 2 saturated heterocycles. The molecule has 0 radical (unpaired) electrons. The summed E-state index contributed by atoms with van der Waals surface area (Å²) >= 11 is 1.62. The van der Waals surface area contributed by atoms with Crippen LogP contribution in [-0.2, 0) is 20.9 Å². The number of carbonyl (C=O) groups excluding carboxylic acids is 2. The highest BCUT2D eigenvalue weighted by Crippen LogP contribution is 2.47. The van der Waals surface area contributed by atoms with Crippen molar-refractivity contribution < 1.29 is 18.7 Å². The Morgan fingerprint density at radius 3 is 2.97 bits per heavy atom. The van der Waals surface area contributed by atoms with Crippen LogP contribution in [0.2, 0.25) is 0 Å². The van der Waals surface area contributed by atoms with Crippen molar-refractivity contribution >= 4 is 45.4 Å². The number of hydrogen-bond acceptors (Lipinski definition) is 6. The van der Waals surface area contributed by atoms with Gasteiger partial charge in [0.05, 0.1) is 4.87 Å². The number of ether oxygens (including phenoxy) is 1. The highest BCUT2D eigenvalue weighted by Gasteiger charge is 2.53. The lowest BCUT2D eigenvalue weighted by Crippen LogP contribution is -2.46. The molecular formula is C22H19NO5S. The minimum absolute atomic E-state index is 0.00347. The van der Waals surface area contributed by atoms with E-state index in [9.17, 15) is 14.4 Å². The number of fused-ring (bicyclic) bond motifs is 4. The molecule has 2 fully saturated rings. The minimum Gasteiger partial charge on any atom is -0.459 e. The molecule has 1 amide bonds. The van der Waals surface area contributed by atoms with Crippen molar-refractivity contribution in [3.8, 4) is 0 Å². The van der Waals surface area contributed by atoms with Gasteiger partial charge in [0.25, 0.3) is 0 Å². The molecule has 7 heteroatoms. The molecule has 2 aromatic carbocycles. The highest BCUT2D eigenvalue weighted by atomic mass is 32.2. The van der Waals surface area contributed by atoms with Crippen LogP contribution >= 0.6 is 11.8 Å². The summed E-state index contributed by atoms with van der Waals surface area (Å²) in [4.78, 5) is 38.4. The van der Waals surface area contributed by atoms with Crippen LogP contribution in [0.5, 0.6) is 0 Å². The Morgan fingerprint density at radius 2 is 2.10 bits per heavy atom. The van der Waals surface area contributed by atoms with E-state index >= 15 is 0 Å². The second-order valence-electron chi connectivity index (χ2n) is 7.62. The third-order valence-corrected chi connectivity index (χ3v) is 7.31. The van der Waals surface area contributed by atoms with Gasteiger partial charge in [0.2, 0.25) is 5.91 Å². The van der Waals surface area contributed by atoms with E-state index in [1.54, 1.807) is 22.7 Å². The van der Waals surface area contributed by atoms with Crippen LogP contribution < -0.4 is 5.63 Å². The van der Waals surface area contributed by atoms with Crippen molar-refractivity contribution in [1.29, 1.82) is 0 Å². The average molecular weight is 409 g/mol. The number of hydrogen-bond donors (Lipinski definition) is 0. The normalized spacial score (nSPS) is 23.7. The molecular weight excluding hydrogens is 390 g/mol. The summed E-state index contributed by atoms with van der Waals surface area (Å²) in [7, 11) is 0. The lowest BCUT2D eigenvalue weighted by molar-refractivity contribution is -0.154. The molecule has 6 nitrogen and oxygen atoms in total. The molecule has 1 aromatic heterocycles. The van der Waals surface area contributed by atoms with E-state index < -0.39 is 17.6 Å². The largest absolute Gasteiger partial charge is 0.459 e. The van der Waals surface area contributed by atoms with E-state index in [1.807, 2.05) is 37.3 Å². The third-order valence-electron chi connectivity index (χ3n) is 5.80. The van der Waals surface area contributed by atoms with Gasteiger partial charge in [-0.25, -0.2) is 9.59 Å². The smallest absolute Gasteiger partial charge is 0.336 e. The first-order valence-corrected chi connectivity index (χ1v) is 10.5. The van der Waals surface area contributed by atoms with Gasteiger partial charge in [-0.1, -0.05) is 30.3 Å². The number of amides is 1. The predicted octanol–water partition coefficient (Wildman–Crippen LogP) is 3.44. The first-order chi connectivity index (χ1) is 14.0. The van der Waals surface area contributed by atoms with E-state index in [0.717, 1.165) is 22.6 Å². The maximum absolute atomic E-state index is 12.8. The van der Waals surface area contributed by atoms with E-state index in [0.29, 0.717) is 23.3 Å². The van der Waals surface area contributed by atoms with Crippen molar-refractivity contribution in [3.05, 3.63) is 58.4 Å². The summed E-state index contributed by atoms with van der Waals surface area (Å²) in [5.74, 6) is 0.0937. The van der Waals surface area contributed by atoms with E-state index in [4.69, 9.17) is 9.15 Å². The summed E-state index contributed by atoms with van der Waals surface area (Å²) in [5.41, 5.74) is 0.570. The molecule has 0 spiro atoms. The summed E-state index contributed by atoms with van der Waals surface area (Å²) in [6.45, 7) is 1.95. The van der Waals surface area contributed by atoms with E-state index in [2.05, 4.69) is 0 Å². The zero-order valence-corrected chi connectivity index (χ0v) is 16.7. The van der Waals surface area contributed by atoms with Crippen LogP contribution in [0.1, 0.15) is 25.3 Å². The van der Waals surface area contributed by atoms with Crippen LogP contribution in [0, 0.1) is 0 Å². The van der Waals surface area contributed by atoms with Gasteiger partial charge in [0.1, 0.15) is 18.2 Å². The van der Waals surface area contributed by atoms with Gasteiger partial charge < -0.3 is 14.1 Å². The molecule has 0 aliphatic carbocycles. The second-order valence-corrected chi connectivity index (χ2v) is 9.13. The lowest BCUT2D eigenvalue weighted by Gasteiger charge is -2.29. The minimum atomic E-state index is -0.580. The number of rotatable bonds is 3. The van der Waals surface area contributed by atoms with Gasteiger partial charge in [-0.15, -0.1) is 11.8 Å². The Morgan fingerprint density at radius 1 is 1.28 bits per heavy atom. The molecule has 2 atom stereocenters. The molecule has 0 saturated carbocycles. The van der Waals surface area contributed by atoms with Crippen LogP contribution in [0.15, 0.2) is 51.7 Å². The van der Waals surface area contributed by atoms with Crippen molar-refractivity contribution in [2.24, 2.45) is 0 Å². The molecule has 0 N–H and O–H groups in total. The third kappa shape index (κ3) is 2.92. The maximum atomic E-state index is 12.8. The molecule has 2 aliphatic heterocycles. The van der Waals surface area contributed by atoms with Crippen LogP contribution in [0.4, 0.5) is 0 Å². The zero-order chi connectivity index (χ0) is 20.2. The standard InChI is InChI=1S/C22H19NO5S/c1-22-9-8-18(24)23(22)16(12-29-22)21(26)27-11-14-10-19(25)28-17-7-6-13-4-2-3-5-15(13)20(14)17/h2-7,10,16H,8-9,11-12H2,1H3. The number of nitrogens with zero attached hydrogens (tertiary/aromatic N) is 1. The summed E-state index contributed by atoms with van der Waals surface area (Å²) in [6, 6.07) is 12.2. The zero-order valence-electron chi connectivity index (χ0n) is 15.8. The molecule has 5 rings (SSSR count). The Hall–Kier alpha value is -2.80. The van der Waals surface area contributed by atoms with Crippen molar-refractivity contribution in [1.82, 2.24) is 4.90 Å².